The molecule has 0 fully saturated rings. The van der Waals surface area contributed by atoms with Gasteiger partial charge in [-0.15, -0.1) is 0 Å². The van der Waals surface area contributed by atoms with E-state index in [9.17, 15) is 9.59 Å². The number of methoxy groups -OCH3 is 1. The van der Waals surface area contributed by atoms with Crippen molar-refractivity contribution >= 4 is 11.9 Å². The fourth-order valence-electron chi connectivity index (χ4n) is 1.96. The van der Waals surface area contributed by atoms with E-state index in [1.54, 1.807) is 24.4 Å². The second-order valence-electron chi connectivity index (χ2n) is 4.59. The molecule has 1 heterocycles. The summed E-state index contributed by atoms with van der Waals surface area (Å²) >= 11 is 0. The molecule has 0 spiro atoms. The zero-order valence-electron chi connectivity index (χ0n) is 11.9. The number of hydrogen-bond acceptors (Lipinski definition) is 4. The fourth-order valence-corrected chi connectivity index (χ4v) is 1.96. The van der Waals surface area contributed by atoms with E-state index >= 15 is 0 Å². The molecule has 0 aliphatic carbocycles. The van der Waals surface area contributed by atoms with Crippen molar-refractivity contribution in [2.45, 2.75) is 13.0 Å². The summed E-state index contributed by atoms with van der Waals surface area (Å²) in [5, 5.41) is 2.67. The van der Waals surface area contributed by atoms with E-state index in [-0.39, 0.29) is 5.91 Å². The number of hydrogen-bond donors (Lipinski definition) is 1. The molecule has 108 valence electrons. The number of carbonyl (C=O) groups is 2. The summed E-state index contributed by atoms with van der Waals surface area (Å²) < 4.78 is 4.77. The fraction of sp³-hybridized carbons (Fsp3) is 0.188. The molecule has 1 amide bonds. The van der Waals surface area contributed by atoms with E-state index in [2.05, 4.69) is 10.3 Å². The van der Waals surface area contributed by atoms with Crippen molar-refractivity contribution in [2.75, 3.05) is 7.11 Å². The van der Waals surface area contributed by atoms with Crippen LogP contribution in [0.15, 0.2) is 48.8 Å². The number of rotatable bonds is 4. The van der Waals surface area contributed by atoms with Crippen molar-refractivity contribution in [1.82, 2.24) is 10.3 Å². The van der Waals surface area contributed by atoms with Gasteiger partial charge in [0.05, 0.1) is 12.7 Å². The highest BCUT2D eigenvalue weighted by Crippen LogP contribution is 2.16. The van der Waals surface area contributed by atoms with Crippen molar-refractivity contribution in [3.8, 4) is 0 Å². The zero-order chi connectivity index (χ0) is 15.2. The Labute approximate surface area is 123 Å². The number of nitrogens with one attached hydrogen (secondary N) is 1. The van der Waals surface area contributed by atoms with Crippen molar-refractivity contribution in [1.29, 1.82) is 0 Å². The van der Waals surface area contributed by atoms with Crippen molar-refractivity contribution in [3.63, 3.8) is 0 Å². The number of esters is 1. The molecule has 2 aromatic rings. The number of carbonyl (C=O) groups excluding carboxylic acids is 2. The molecule has 1 aromatic heterocycles. The minimum absolute atomic E-state index is 0.375. The lowest BCUT2D eigenvalue weighted by atomic mass is 10.0. The molecule has 5 nitrogen and oxygen atoms in total. The number of benzene rings is 1. The average Bonchev–Trinajstić information content (AvgIpc) is 2.52. The van der Waals surface area contributed by atoms with Crippen LogP contribution >= 0.6 is 0 Å². The van der Waals surface area contributed by atoms with Crippen molar-refractivity contribution in [2.24, 2.45) is 0 Å². The number of nitrogens with zero attached hydrogens (tertiary/aromatic N) is 1. The van der Waals surface area contributed by atoms with E-state index in [4.69, 9.17) is 4.74 Å². The van der Waals surface area contributed by atoms with Gasteiger partial charge in [-0.05, 0) is 24.6 Å². The Bertz CT molecular complexity index is 641. The Kier molecular flexibility index (Phi) is 4.66. The highest BCUT2D eigenvalue weighted by atomic mass is 16.5. The normalized spacial score (nSPS) is 11.5. The lowest BCUT2D eigenvalue weighted by Gasteiger charge is -2.17. The van der Waals surface area contributed by atoms with Crippen LogP contribution in [0.1, 0.15) is 27.5 Å². The van der Waals surface area contributed by atoms with Crippen LogP contribution in [0.3, 0.4) is 0 Å². The molecule has 0 radical (unpaired) electrons. The molecule has 0 saturated heterocycles. The van der Waals surface area contributed by atoms with Gasteiger partial charge in [-0.25, -0.2) is 4.79 Å². The van der Waals surface area contributed by atoms with Gasteiger partial charge >= 0.3 is 5.97 Å². The number of amides is 1. The van der Waals surface area contributed by atoms with Gasteiger partial charge in [-0.1, -0.05) is 29.8 Å². The van der Waals surface area contributed by atoms with Crippen LogP contribution in [0.25, 0.3) is 0 Å². The number of aromatic nitrogens is 1. The molecule has 1 N–H and O–H groups in total. The largest absolute Gasteiger partial charge is 0.467 e. The van der Waals surface area contributed by atoms with Gasteiger partial charge in [0.25, 0.3) is 5.91 Å². The molecule has 5 heteroatoms. The molecule has 0 saturated carbocycles. The van der Waals surface area contributed by atoms with Gasteiger partial charge in [0, 0.05) is 12.4 Å². The molecule has 0 aliphatic heterocycles. The lowest BCUT2D eigenvalue weighted by molar-refractivity contribution is -0.143. The monoisotopic (exact) mass is 284 g/mol. The van der Waals surface area contributed by atoms with Gasteiger partial charge < -0.3 is 10.1 Å². The molecular weight excluding hydrogens is 268 g/mol. The summed E-state index contributed by atoms with van der Waals surface area (Å²) in [6, 6.07) is 9.81. The van der Waals surface area contributed by atoms with E-state index in [0.717, 1.165) is 5.56 Å². The van der Waals surface area contributed by atoms with Gasteiger partial charge in [0.2, 0.25) is 0 Å². The second-order valence-corrected chi connectivity index (χ2v) is 4.59. The third kappa shape index (κ3) is 3.66. The van der Waals surface area contributed by atoms with Crippen LogP contribution in [0.2, 0.25) is 0 Å². The minimum Gasteiger partial charge on any atom is -0.467 e. The average molecular weight is 284 g/mol. The van der Waals surface area contributed by atoms with Crippen LogP contribution < -0.4 is 5.32 Å². The molecule has 21 heavy (non-hydrogen) atoms. The van der Waals surface area contributed by atoms with E-state index in [1.807, 2.05) is 25.1 Å². The van der Waals surface area contributed by atoms with E-state index < -0.39 is 12.0 Å². The Balaban J connectivity index is 2.26. The smallest absolute Gasteiger partial charge is 0.333 e. The Morgan fingerprint density at radius 3 is 2.67 bits per heavy atom. The first-order valence-corrected chi connectivity index (χ1v) is 6.47. The van der Waals surface area contributed by atoms with Crippen LogP contribution in [0.4, 0.5) is 0 Å². The topological polar surface area (TPSA) is 68.3 Å². The third-order valence-electron chi connectivity index (χ3n) is 3.01. The Morgan fingerprint density at radius 1 is 1.24 bits per heavy atom. The van der Waals surface area contributed by atoms with Gasteiger partial charge in [0.15, 0.2) is 6.04 Å². The van der Waals surface area contributed by atoms with Crippen molar-refractivity contribution < 1.29 is 14.3 Å². The summed E-state index contributed by atoms with van der Waals surface area (Å²) in [6.45, 7) is 1.92. The predicted molar refractivity (Wildman–Crippen MR) is 77.6 cm³/mol. The molecule has 0 bridgehead atoms. The van der Waals surface area contributed by atoms with Crippen LogP contribution in [0, 0.1) is 6.92 Å². The molecule has 1 atom stereocenters. The van der Waals surface area contributed by atoms with Gasteiger partial charge in [-0.3, -0.25) is 9.78 Å². The SMILES string of the molecule is COC(=O)[C@@H](NC(=O)c1cccnc1)c1cccc(C)c1. The Hall–Kier alpha value is -2.69. The standard InChI is InChI=1S/C16H16N2O3/c1-11-5-3-6-12(9-11)14(16(20)21-2)18-15(19)13-7-4-8-17-10-13/h3-10,14H,1-2H3,(H,18,19)/t14-/m0/s1. The van der Waals surface area contributed by atoms with Crippen LogP contribution in [-0.4, -0.2) is 24.0 Å². The Morgan fingerprint density at radius 2 is 2.05 bits per heavy atom. The molecule has 0 unspecified atom stereocenters. The van der Waals surface area contributed by atoms with Crippen LogP contribution in [0.5, 0.6) is 0 Å². The lowest BCUT2D eigenvalue weighted by Crippen LogP contribution is -2.34. The second kappa shape index (κ2) is 6.65. The first kappa shape index (κ1) is 14.7. The predicted octanol–water partition coefficient (Wildman–Crippen LogP) is 2.03. The minimum atomic E-state index is -0.845. The van der Waals surface area contributed by atoms with Gasteiger partial charge in [0.1, 0.15) is 0 Å². The van der Waals surface area contributed by atoms with E-state index in [0.29, 0.717) is 11.1 Å². The van der Waals surface area contributed by atoms with Gasteiger partial charge in [-0.2, -0.15) is 0 Å². The van der Waals surface area contributed by atoms with Crippen LogP contribution in [-0.2, 0) is 9.53 Å². The quantitative estimate of drug-likeness (QED) is 0.872. The highest BCUT2D eigenvalue weighted by molar-refractivity contribution is 5.96. The number of ether oxygens (including phenoxy) is 1. The maximum atomic E-state index is 12.2. The number of aryl methyl sites for hydroxylation is 1. The first-order chi connectivity index (χ1) is 10.1. The van der Waals surface area contributed by atoms with Crippen molar-refractivity contribution in [3.05, 3.63) is 65.5 Å². The maximum absolute atomic E-state index is 12.2. The molecule has 1 aromatic carbocycles. The van der Waals surface area contributed by atoms with E-state index in [1.165, 1.54) is 13.3 Å². The summed E-state index contributed by atoms with van der Waals surface area (Å²) in [7, 11) is 1.29. The summed E-state index contributed by atoms with van der Waals surface area (Å²) in [5.74, 6) is -0.891. The molecule has 2 rings (SSSR count). The number of pyridine rings is 1. The third-order valence-corrected chi connectivity index (χ3v) is 3.01. The summed E-state index contributed by atoms with van der Waals surface area (Å²) in [4.78, 5) is 28.0. The maximum Gasteiger partial charge on any atom is 0.333 e. The highest BCUT2D eigenvalue weighted by Gasteiger charge is 2.24. The molecular formula is C16H16N2O3. The summed E-state index contributed by atoms with van der Waals surface area (Å²) in [5.41, 5.74) is 2.06. The molecule has 0 aliphatic rings. The first-order valence-electron chi connectivity index (χ1n) is 6.47. The summed E-state index contributed by atoms with van der Waals surface area (Å²) in [6.07, 6.45) is 3.02. The zero-order valence-corrected chi connectivity index (χ0v) is 11.9.